The van der Waals surface area contributed by atoms with Crippen molar-refractivity contribution in [3.8, 4) is 0 Å². The first kappa shape index (κ1) is 9.69. The molecule has 2 heteroatoms. The van der Waals surface area contributed by atoms with Gasteiger partial charge in [0.25, 0.3) is 0 Å². The van der Waals surface area contributed by atoms with Gasteiger partial charge in [-0.3, -0.25) is 0 Å². The quantitative estimate of drug-likeness (QED) is 0.692. The summed E-state index contributed by atoms with van der Waals surface area (Å²) in [6, 6.07) is 8.90. The van der Waals surface area contributed by atoms with Gasteiger partial charge in [-0.1, -0.05) is 24.3 Å². The second kappa shape index (κ2) is 4.58. The zero-order valence-electron chi connectivity index (χ0n) is 8.50. The van der Waals surface area contributed by atoms with Crippen LogP contribution in [0.3, 0.4) is 0 Å². The summed E-state index contributed by atoms with van der Waals surface area (Å²) in [5.74, 6) is 0.851. The molecular weight excluding hydrogens is 172 g/mol. The van der Waals surface area contributed by atoms with Crippen molar-refractivity contribution >= 4 is 0 Å². The first-order valence-corrected chi connectivity index (χ1v) is 5.40. The van der Waals surface area contributed by atoms with Crippen LogP contribution in [0.15, 0.2) is 24.3 Å². The molecule has 2 rings (SSSR count). The normalized spacial score (nSPS) is 15.8. The van der Waals surface area contributed by atoms with E-state index < -0.39 is 0 Å². The van der Waals surface area contributed by atoms with Crippen molar-refractivity contribution < 1.29 is 0 Å². The minimum absolute atomic E-state index is 0.711. The molecule has 0 radical (unpaired) electrons. The minimum atomic E-state index is 0.711. The molecule has 0 atom stereocenters. The van der Waals surface area contributed by atoms with Crippen LogP contribution in [0.2, 0.25) is 0 Å². The van der Waals surface area contributed by atoms with Crippen LogP contribution in [0.4, 0.5) is 0 Å². The summed E-state index contributed by atoms with van der Waals surface area (Å²) < 4.78 is 0. The maximum Gasteiger partial charge on any atom is 0.0206 e. The van der Waals surface area contributed by atoms with Crippen LogP contribution < -0.4 is 11.1 Å². The molecule has 0 unspecified atom stereocenters. The number of hydrogen-bond donors (Lipinski definition) is 2. The SMILES string of the molecule is NCCNCc1cccc(C2CC2)c1. The zero-order valence-corrected chi connectivity index (χ0v) is 8.50. The molecule has 1 aromatic carbocycles. The Morgan fingerprint density at radius 2 is 2.21 bits per heavy atom. The summed E-state index contributed by atoms with van der Waals surface area (Å²) in [5.41, 5.74) is 8.31. The van der Waals surface area contributed by atoms with Gasteiger partial charge in [-0.15, -0.1) is 0 Å². The Bertz CT molecular complexity index is 292. The summed E-state index contributed by atoms with van der Waals surface area (Å²) in [6.07, 6.45) is 2.75. The third-order valence-corrected chi connectivity index (χ3v) is 2.65. The standard InChI is InChI=1S/C12H18N2/c13-6-7-14-9-10-2-1-3-12(8-10)11-4-5-11/h1-3,8,11,14H,4-7,9,13H2. The molecule has 76 valence electrons. The molecule has 2 nitrogen and oxygen atoms in total. The lowest BCUT2D eigenvalue weighted by Gasteiger charge is -2.05. The van der Waals surface area contributed by atoms with Crippen molar-refractivity contribution in [1.82, 2.24) is 5.32 Å². The second-order valence-corrected chi connectivity index (χ2v) is 3.98. The van der Waals surface area contributed by atoms with Crippen molar-refractivity contribution in [3.63, 3.8) is 0 Å². The summed E-state index contributed by atoms with van der Waals surface area (Å²) in [6.45, 7) is 2.55. The minimum Gasteiger partial charge on any atom is -0.329 e. The molecule has 1 aromatic rings. The smallest absolute Gasteiger partial charge is 0.0206 e. The second-order valence-electron chi connectivity index (χ2n) is 3.98. The van der Waals surface area contributed by atoms with Crippen LogP contribution in [0.1, 0.15) is 29.9 Å². The molecular formula is C12H18N2. The maximum atomic E-state index is 5.42. The molecule has 14 heavy (non-hydrogen) atoms. The predicted molar refractivity (Wildman–Crippen MR) is 59.2 cm³/mol. The molecule has 1 aliphatic carbocycles. The van der Waals surface area contributed by atoms with Gasteiger partial charge in [-0.25, -0.2) is 0 Å². The van der Waals surface area contributed by atoms with Gasteiger partial charge in [0.15, 0.2) is 0 Å². The summed E-state index contributed by atoms with van der Waals surface area (Å²) in [5, 5.41) is 3.31. The maximum absolute atomic E-state index is 5.42. The highest BCUT2D eigenvalue weighted by molar-refractivity contribution is 5.28. The molecule has 3 N–H and O–H groups in total. The topological polar surface area (TPSA) is 38.0 Å². The van der Waals surface area contributed by atoms with Gasteiger partial charge in [0.2, 0.25) is 0 Å². The molecule has 0 spiro atoms. The van der Waals surface area contributed by atoms with Crippen LogP contribution in [-0.2, 0) is 6.54 Å². The Labute approximate surface area is 85.5 Å². The van der Waals surface area contributed by atoms with E-state index in [1.807, 2.05) is 0 Å². The molecule has 1 aliphatic rings. The monoisotopic (exact) mass is 190 g/mol. The third kappa shape index (κ3) is 2.56. The van der Waals surface area contributed by atoms with E-state index in [0.717, 1.165) is 19.0 Å². The molecule has 0 saturated heterocycles. The van der Waals surface area contributed by atoms with Crippen molar-refractivity contribution in [1.29, 1.82) is 0 Å². The van der Waals surface area contributed by atoms with E-state index in [4.69, 9.17) is 5.73 Å². The number of benzene rings is 1. The summed E-state index contributed by atoms with van der Waals surface area (Å²) in [4.78, 5) is 0. The van der Waals surface area contributed by atoms with Crippen LogP contribution in [0.25, 0.3) is 0 Å². The highest BCUT2D eigenvalue weighted by Gasteiger charge is 2.23. The number of hydrogen-bond acceptors (Lipinski definition) is 2. The van der Waals surface area contributed by atoms with Gasteiger partial charge >= 0.3 is 0 Å². The average molecular weight is 190 g/mol. The molecule has 0 heterocycles. The fourth-order valence-corrected chi connectivity index (χ4v) is 1.71. The molecule has 1 fully saturated rings. The Hall–Kier alpha value is -0.860. The first-order valence-electron chi connectivity index (χ1n) is 5.40. The van der Waals surface area contributed by atoms with Gasteiger partial charge in [-0.05, 0) is 29.9 Å². The van der Waals surface area contributed by atoms with E-state index in [9.17, 15) is 0 Å². The molecule has 0 aromatic heterocycles. The lowest BCUT2D eigenvalue weighted by atomic mass is 10.1. The predicted octanol–water partition coefficient (Wildman–Crippen LogP) is 1.61. The molecule has 0 aliphatic heterocycles. The van der Waals surface area contributed by atoms with E-state index >= 15 is 0 Å². The molecule has 1 saturated carbocycles. The fourth-order valence-electron chi connectivity index (χ4n) is 1.71. The summed E-state index contributed by atoms with van der Waals surface area (Å²) >= 11 is 0. The van der Waals surface area contributed by atoms with Crippen molar-refractivity contribution in [3.05, 3.63) is 35.4 Å². The van der Waals surface area contributed by atoms with E-state index in [-0.39, 0.29) is 0 Å². The highest BCUT2D eigenvalue weighted by Crippen LogP contribution is 2.40. The average Bonchev–Trinajstić information content (AvgIpc) is 3.02. The van der Waals surface area contributed by atoms with Crippen LogP contribution in [-0.4, -0.2) is 13.1 Å². The molecule has 0 amide bonds. The van der Waals surface area contributed by atoms with Crippen LogP contribution in [0.5, 0.6) is 0 Å². The van der Waals surface area contributed by atoms with E-state index in [0.29, 0.717) is 6.54 Å². The van der Waals surface area contributed by atoms with E-state index in [1.165, 1.54) is 24.0 Å². The van der Waals surface area contributed by atoms with Gasteiger partial charge in [0.1, 0.15) is 0 Å². The number of nitrogens with two attached hydrogens (primary N) is 1. The van der Waals surface area contributed by atoms with Gasteiger partial charge in [0.05, 0.1) is 0 Å². The van der Waals surface area contributed by atoms with Crippen LogP contribution in [0, 0.1) is 0 Å². The summed E-state index contributed by atoms with van der Waals surface area (Å²) in [7, 11) is 0. The largest absolute Gasteiger partial charge is 0.329 e. The van der Waals surface area contributed by atoms with Gasteiger partial charge < -0.3 is 11.1 Å². The van der Waals surface area contributed by atoms with Crippen molar-refractivity contribution in [2.75, 3.05) is 13.1 Å². The number of rotatable bonds is 5. The van der Waals surface area contributed by atoms with Crippen molar-refractivity contribution in [2.45, 2.75) is 25.3 Å². The molecule has 0 bridgehead atoms. The first-order chi connectivity index (χ1) is 6.90. The van der Waals surface area contributed by atoms with Gasteiger partial charge in [-0.2, -0.15) is 0 Å². The Morgan fingerprint density at radius 1 is 1.36 bits per heavy atom. The Balaban J connectivity index is 1.92. The van der Waals surface area contributed by atoms with E-state index in [2.05, 4.69) is 29.6 Å². The third-order valence-electron chi connectivity index (χ3n) is 2.65. The zero-order chi connectivity index (χ0) is 9.80. The Morgan fingerprint density at radius 3 is 2.93 bits per heavy atom. The van der Waals surface area contributed by atoms with E-state index in [1.54, 1.807) is 0 Å². The lowest BCUT2D eigenvalue weighted by molar-refractivity contribution is 0.694. The Kier molecular flexibility index (Phi) is 3.17. The van der Waals surface area contributed by atoms with Gasteiger partial charge in [0, 0.05) is 19.6 Å². The highest BCUT2D eigenvalue weighted by atomic mass is 14.9. The lowest BCUT2D eigenvalue weighted by Crippen LogP contribution is -2.21. The fraction of sp³-hybridized carbons (Fsp3) is 0.500. The van der Waals surface area contributed by atoms with Crippen molar-refractivity contribution in [2.24, 2.45) is 5.73 Å². The van der Waals surface area contributed by atoms with Crippen LogP contribution >= 0.6 is 0 Å². The number of nitrogens with one attached hydrogen (secondary N) is 1.